The van der Waals surface area contributed by atoms with Crippen molar-refractivity contribution in [1.29, 1.82) is 0 Å². The Hall–Kier alpha value is -3.03. The van der Waals surface area contributed by atoms with Gasteiger partial charge >= 0.3 is 0 Å². The second kappa shape index (κ2) is 9.45. The molecule has 0 fully saturated rings. The van der Waals surface area contributed by atoms with Gasteiger partial charge in [0.15, 0.2) is 0 Å². The third-order valence-electron chi connectivity index (χ3n) is 4.47. The highest BCUT2D eigenvalue weighted by Gasteiger charge is 2.19. The van der Waals surface area contributed by atoms with Crippen LogP contribution in [-0.4, -0.2) is 25.9 Å². The van der Waals surface area contributed by atoms with Gasteiger partial charge in [-0.1, -0.05) is 42.5 Å². The molecule has 0 unspecified atom stereocenters. The zero-order chi connectivity index (χ0) is 20.7. The van der Waals surface area contributed by atoms with Crippen molar-refractivity contribution in [2.75, 3.05) is 6.54 Å². The molecule has 0 atom stereocenters. The predicted octanol–water partition coefficient (Wildman–Crippen LogP) is 2.84. The Kier molecular flexibility index (Phi) is 6.74. The third-order valence-corrected chi connectivity index (χ3v) is 6.01. The number of nitrogens with zero attached hydrogens (tertiary/aromatic N) is 1. The van der Waals surface area contributed by atoms with Gasteiger partial charge in [-0.3, -0.25) is 9.78 Å². The second-order valence-corrected chi connectivity index (χ2v) is 8.39. The number of aryl methyl sites for hydroxylation is 1. The first-order valence-corrected chi connectivity index (χ1v) is 10.8. The maximum atomic E-state index is 12.8. The topological polar surface area (TPSA) is 88.2 Å². The number of hydrogen-bond acceptors (Lipinski definition) is 4. The Bertz CT molecular complexity index is 1070. The number of sulfonamides is 1. The zero-order valence-corrected chi connectivity index (χ0v) is 16.9. The predicted molar refractivity (Wildman–Crippen MR) is 112 cm³/mol. The molecule has 0 bridgehead atoms. The van der Waals surface area contributed by atoms with Crippen molar-refractivity contribution >= 4 is 15.9 Å². The highest BCUT2D eigenvalue weighted by atomic mass is 32.2. The largest absolute Gasteiger partial charge is 0.352 e. The van der Waals surface area contributed by atoms with E-state index in [4.69, 9.17) is 0 Å². The number of benzene rings is 2. The van der Waals surface area contributed by atoms with E-state index in [0.29, 0.717) is 24.1 Å². The molecule has 1 aromatic heterocycles. The summed E-state index contributed by atoms with van der Waals surface area (Å²) in [7, 11) is -3.75. The fourth-order valence-corrected chi connectivity index (χ4v) is 4.14. The smallest absolute Gasteiger partial charge is 0.251 e. The van der Waals surface area contributed by atoms with Crippen molar-refractivity contribution in [2.24, 2.45) is 0 Å². The fraction of sp³-hybridized carbons (Fsp3) is 0.182. The average Bonchev–Trinajstić information content (AvgIpc) is 2.74. The molecule has 0 radical (unpaired) electrons. The van der Waals surface area contributed by atoms with Crippen molar-refractivity contribution in [3.05, 3.63) is 95.3 Å². The molecule has 0 saturated heterocycles. The van der Waals surface area contributed by atoms with E-state index in [-0.39, 0.29) is 17.3 Å². The summed E-state index contributed by atoms with van der Waals surface area (Å²) in [6.07, 6.45) is 4.10. The first kappa shape index (κ1) is 20.7. The van der Waals surface area contributed by atoms with Gasteiger partial charge in [0.05, 0.1) is 4.90 Å². The Morgan fingerprint density at radius 1 is 1.00 bits per heavy atom. The SMILES string of the molecule is Cc1ccc(C(=O)NCCc2cccnc2)cc1S(=O)(=O)NCc1ccccc1. The molecule has 6 nitrogen and oxygen atoms in total. The maximum Gasteiger partial charge on any atom is 0.251 e. The van der Waals surface area contributed by atoms with E-state index in [9.17, 15) is 13.2 Å². The third kappa shape index (κ3) is 5.73. The lowest BCUT2D eigenvalue weighted by atomic mass is 10.1. The maximum absolute atomic E-state index is 12.8. The molecule has 3 aromatic rings. The number of pyridine rings is 1. The van der Waals surface area contributed by atoms with E-state index in [1.807, 2.05) is 42.5 Å². The van der Waals surface area contributed by atoms with Gasteiger partial charge in [0.25, 0.3) is 5.91 Å². The first-order valence-electron chi connectivity index (χ1n) is 9.27. The zero-order valence-electron chi connectivity index (χ0n) is 16.1. The standard InChI is InChI=1S/C22H23N3O3S/c1-17-9-10-20(22(26)24-13-11-19-8-5-12-23-15-19)14-21(17)29(27,28)25-16-18-6-3-2-4-7-18/h2-10,12,14-15,25H,11,13,16H2,1H3,(H,24,26). The van der Waals surface area contributed by atoms with Gasteiger partial charge < -0.3 is 5.32 Å². The Morgan fingerprint density at radius 3 is 2.48 bits per heavy atom. The monoisotopic (exact) mass is 409 g/mol. The molecule has 0 aliphatic carbocycles. The summed E-state index contributed by atoms with van der Waals surface area (Å²) in [5.74, 6) is -0.312. The van der Waals surface area contributed by atoms with Gasteiger partial charge in [-0.2, -0.15) is 0 Å². The minimum absolute atomic E-state index is 0.105. The van der Waals surface area contributed by atoms with Gasteiger partial charge in [-0.05, 0) is 48.2 Å². The van der Waals surface area contributed by atoms with Gasteiger partial charge in [0.2, 0.25) is 10.0 Å². The number of rotatable bonds is 8. The summed E-state index contributed by atoms with van der Waals surface area (Å²) in [5, 5.41) is 2.82. The first-order chi connectivity index (χ1) is 14.0. The molecule has 0 aliphatic heterocycles. The van der Waals surface area contributed by atoms with Crippen LogP contribution in [0.3, 0.4) is 0 Å². The van der Waals surface area contributed by atoms with Crippen LogP contribution in [0.5, 0.6) is 0 Å². The summed E-state index contributed by atoms with van der Waals surface area (Å²) in [6.45, 7) is 2.33. The molecule has 150 valence electrons. The molecule has 29 heavy (non-hydrogen) atoms. The van der Waals surface area contributed by atoms with Crippen LogP contribution < -0.4 is 10.0 Å². The van der Waals surface area contributed by atoms with Gasteiger partial charge in [-0.25, -0.2) is 13.1 Å². The number of hydrogen-bond donors (Lipinski definition) is 2. The number of carbonyl (C=O) groups excluding carboxylic acids is 1. The van der Waals surface area contributed by atoms with Crippen molar-refractivity contribution in [1.82, 2.24) is 15.0 Å². The molecular weight excluding hydrogens is 386 g/mol. The Morgan fingerprint density at radius 2 is 1.76 bits per heavy atom. The molecule has 3 rings (SSSR count). The summed E-state index contributed by atoms with van der Waals surface area (Å²) < 4.78 is 28.1. The molecule has 2 aromatic carbocycles. The number of nitrogens with one attached hydrogen (secondary N) is 2. The molecule has 1 amide bonds. The Labute approximate surface area is 171 Å². The van der Waals surface area contributed by atoms with Gasteiger partial charge in [0.1, 0.15) is 0 Å². The molecule has 7 heteroatoms. The van der Waals surface area contributed by atoms with Crippen molar-refractivity contribution in [3.63, 3.8) is 0 Å². The van der Waals surface area contributed by atoms with Crippen molar-refractivity contribution in [3.8, 4) is 0 Å². The number of carbonyl (C=O) groups is 1. The highest BCUT2D eigenvalue weighted by Crippen LogP contribution is 2.17. The highest BCUT2D eigenvalue weighted by molar-refractivity contribution is 7.89. The molecule has 1 heterocycles. The average molecular weight is 410 g/mol. The summed E-state index contributed by atoms with van der Waals surface area (Å²) in [6, 6.07) is 17.8. The lowest BCUT2D eigenvalue weighted by Gasteiger charge is -2.12. The van der Waals surface area contributed by atoms with E-state index in [1.165, 1.54) is 6.07 Å². The van der Waals surface area contributed by atoms with Crippen LogP contribution in [0.4, 0.5) is 0 Å². The molecular formula is C22H23N3O3S. The molecule has 0 aliphatic rings. The van der Waals surface area contributed by atoms with Crippen molar-refractivity contribution < 1.29 is 13.2 Å². The van der Waals surface area contributed by atoms with Gasteiger partial charge in [-0.15, -0.1) is 0 Å². The summed E-state index contributed by atoms with van der Waals surface area (Å²) >= 11 is 0. The van der Waals surface area contributed by atoms with Crippen LogP contribution in [0.2, 0.25) is 0 Å². The van der Waals surface area contributed by atoms with Crippen LogP contribution in [0.15, 0.2) is 78.0 Å². The summed E-state index contributed by atoms with van der Waals surface area (Å²) in [5.41, 5.74) is 2.77. The van der Waals surface area contributed by atoms with E-state index < -0.39 is 10.0 Å². The van der Waals surface area contributed by atoms with E-state index in [0.717, 1.165) is 11.1 Å². The summed E-state index contributed by atoms with van der Waals surface area (Å²) in [4.78, 5) is 16.6. The molecule has 0 saturated carbocycles. The normalized spacial score (nSPS) is 11.2. The Balaban J connectivity index is 1.67. The second-order valence-electron chi connectivity index (χ2n) is 6.66. The lowest BCUT2D eigenvalue weighted by molar-refractivity contribution is 0.0954. The van der Waals surface area contributed by atoms with Crippen LogP contribution in [-0.2, 0) is 23.0 Å². The van der Waals surface area contributed by atoms with Crippen LogP contribution in [0, 0.1) is 6.92 Å². The molecule has 0 spiro atoms. The van der Waals surface area contributed by atoms with E-state index in [1.54, 1.807) is 31.5 Å². The van der Waals surface area contributed by atoms with Crippen LogP contribution in [0.1, 0.15) is 27.0 Å². The lowest BCUT2D eigenvalue weighted by Crippen LogP contribution is -2.27. The number of aromatic nitrogens is 1. The minimum atomic E-state index is -3.75. The van der Waals surface area contributed by atoms with E-state index >= 15 is 0 Å². The quantitative estimate of drug-likeness (QED) is 0.599. The minimum Gasteiger partial charge on any atom is -0.352 e. The fourth-order valence-electron chi connectivity index (χ4n) is 2.85. The van der Waals surface area contributed by atoms with Crippen LogP contribution >= 0.6 is 0 Å². The van der Waals surface area contributed by atoms with Crippen LogP contribution in [0.25, 0.3) is 0 Å². The van der Waals surface area contributed by atoms with E-state index in [2.05, 4.69) is 15.0 Å². The van der Waals surface area contributed by atoms with Crippen molar-refractivity contribution in [2.45, 2.75) is 24.8 Å². The van der Waals surface area contributed by atoms with Gasteiger partial charge in [0, 0.05) is 31.0 Å². The number of amides is 1. The molecule has 2 N–H and O–H groups in total.